The molecule has 0 unspecified atom stereocenters. The maximum atomic E-state index is 5.97. The number of hydrogen-bond donors (Lipinski definition) is 1. The van der Waals surface area contributed by atoms with E-state index in [-0.39, 0.29) is 0 Å². The molecule has 0 amide bonds. The van der Waals surface area contributed by atoms with Crippen molar-refractivity contribution in [1.29, 1.82) is 0 Å². The first kappa shape index (κ1) is 12.9. The van der Waals surface area contributed by atoms with Crippen molar-refractivity contribution in [2.75, 3.05) is 0 Å². The smallest absolute Gasteiger partial charge is 0.137 e. The summed E-state index contributed by atoms with van der Waals surface area (Å²) in [5.41, 5.74) is 13.9. The van der Waals surface area contributed by atoms with Gasteiger partial charge >= 0.3 is 0 Å². The lowest BCUT2D eigenvalue weighted by molar-refractivity contribution is 0.935. The first-order chi connectivity index (χ1) is 9.61. The van der Waals surface area contributed by atoms with Gasteiger partial charge in [-0.15, -0.1) is 0 Å². The fourth-order valence-electron chi connectivity index (χ4n) is 2.63. The van der Waals surface area contributed by atoms with Gasteiger partial charge in [-0.3, -0.25) is 4.40 Å². The number of pyridine rings is 1. The second-order valence-corrected chi connectivity index (χ2v) is 5.27. The van der Waals surface area contributed by atoms with Crippen LogP contribution in [0.5, 0.6) is 0 Å². The Bertz CT molecular complexity index is 784. The summed E-state index contributed by atoms with van der Waals surface area (Å²) < 4.78 is 2.14. The van der Waals surface area contributed by atoms with Crippen LogP contribution in [0.3, 0.4) is 0 Å². The highest BCUT2D eigenvalue weighted by molar-refractivity contribution is 5.68. The Morgan fingerprint density at radius 2 is 1.85 bits per heavy atom. The fraction of sp³-hybridized carbons (Fsp3) is 0.235. The van der Waals surface area contributed by atoms with E-state index < -0.39 is 0 Å². The molecule has 2 heterocycles. The predicted octanol–water partition coefficient (Wildman–Crippen LogP) is 3.39. The van der Waals surface area contributed by atoms with Crippen molar-refractivity contribution in [3.63, 3.8) is 0 Å². The van der Waals surface area contributed by atoms with E-state index in [2.05, 4.69) is 49.4 Å². The molecule has 0 fully saturated rings. The van der Waals surface area contributed by atoms with E-state index in [0.29, 0.717) is 6.54 Å². The number of hydrogen-bond acceptors (Lipinski definition) is 2. The third-order valence-corrected chi connectivity index (χ3v) is 3.91. The molecule has 3 heteroatoms. The topological polar surface area (TPSA) is 43.3 Å². The standard InChI is InChI=1S/C17H19N3/c1-11-7-8-14(9-12(11)2)17-15(10-18)20-13(3)5-4-6-16(20)19-17/h4-9H,10,18H2,1-3H3. The van der Waals surface area contributed by atoms with Crippen molar-refractivity contribution >= 4 is 5.65 Å². The highest BCUT2D eigenvalue weighted by atomic mass is 15.0. The first-order valence-corrected chi connectivity index (χ1v) is 6.86. The highest BCUT2D eigenvalue weighted by Crippen LogP contribution is 2.26. The van der Waals surface area contributed by atoms with Gasteiger partial charge in [-0.1, -0.05) is 18.2 Å². The molecular weight excluding hydrogens is 246 g/mol. The third-order valence-electron chi connectivity index (χ3n) is 3.91. The molecule has 1 aromatic carbocycles. The summed E-state index contributed by atoms with van der Waals surface area (Å²) in [7, 11) is 0. The molecular formula is C17H19N3. The van der Waals surface area contributed by atoms with Crippen molar-refractivity contribution in [3.8, 4) is 11.3 Å². The molecule has 0 bridgehead atoms. The van der Waals surface area contributed by atoms with E-state index in [4.69, 9.17) is 10.7 Å². The summed E-state index contributed by atoms with van der Waals surface area (Å²) in [6.07, 6.45) is 0. The van der Waals surface area contributed by atoms with Crippen LogP contribution in [0.1, 0.15) is 22.5 Å². The molecule has 0 atom stereocenters. The van der Waals surface area contributed by atoms with Gasteiger partial charge in [0.05, 0.1) is 11.4 Å². The van der Waals surface area contributed by atoms with E-state index in [1.807, 2.05) is 12.1 Å². The Morgan fingerprint density at radius 3 is 2.55 bits per heavy atom. The molecule has 0 aliphatic carbocycles. The second-order valence-electron chi connectivity index (χ2n) is 5.27. The van der Waals surface area contributed by atoms with Crippen LogP contribution >= 0.6 is 0 Å². The zero-order valence-corrected chi connectivity index (χ0v) is 12.1. The second kappa shape index (κ2) is 4.76. The van der Waals surface area contributed by atoms with E-state index in [1.54, 1.807) is 0 Å². The molecule has 3 rings (SSSR count). The van der Waals surface area contributed by atoms with Gasteiger partial charge in [-0.25, -0.2) is 4.98 Å². The van der Waals surface area contributed by atoms with E-state index >= 15 is 0 Å². The summed E-state index contributed by atoms with van der Waals surface area (Å²) in [6, 6.07) is 12.6. The lowest BCUT2D eigenvalue weighted by Crippen LogP contribution is -2.04. The number of benzene rings is 1. The normalized spacial score (nSPS) is 11.2. The van der Waals surface area contributed by atoms with Crippen molar-refractivity contribution in [1.82, 2.24) is 9.38 Å². The number of aryl methyl sites for hydroxylation is 3. The lowest BCUT2D eigenvalue weighted by Gasteiger charge is -2.06. The van der Waals surface area contributed by atoms with Crippen molar-refractivity contribution in [2.24, 2.45) is 5.73 Å². The molecule has 3 aromatic rings. The lowest BCUT2D eigenvalue weighted by atomic mass is 10.0. The molecule has 0 aliphatic heterocycles. The van der Waals surface area contributed by atoms with Gasteiger partial charge in [0, 0.05) is 17.8 Å². The van der Waals surface area contributed by atoms with Gasteiger partial charge < -0.3 is 5.73 Å². The summed E-state index contributed by atoms with van der Waals surface area (Å²) in [4.78, 5) is 4.77. The average molecular weight is 265 g/mol. The number of rotatable bonds is 2. The van der Waals surface area contributed by atoms with Crippen molar-refractivity contribution < 1.29 is 0 Å². The molecule has 3 nitrogen and oxygen atoms in total. The molecule has 102 valence electrons. The van der Waals surface area contributed by atoms with Crippen LogP contribution in [0, 0.1) is 20.8 Å². The highest BCUT2D eigenvalue weighted by Gasteiger charge is 2.14. The predicted molar refractivity (Wildman–Crippen MR) is 82.7 cm³/mol. The van der Waals surface area contributed by atoms with E-state index in [0.717, 1.165) is 28.3 Å². The largest absolute Gasteiger partial charge is 0.325 e. The molecule has 0 spiro atoms. The van der Waals surface area contributed by atoms with Crippen LogP contribution in [0.25, 0.3) is 16.9 Å². The SMILES string of the molecule is Cc1ccc(-c2nc3cccc(C)n3c2CN)cc1C. The molecule has 2 N–H and O–H groups in total. The third kappa shape index (κ3) is 1.91. The zero-order chi connectivity index (χ0) is 14.3. The average Bonchev–Trinajstić information content (AvgIpc) is 2.82. The van der Waals surface area contributed by atoms with E-state index in [9.17, 15) is 0 Å². The van der Waals surface area contributed by atoms with Gasteiger partial charge in [0.1, 0.15) is 5.65 Å². The van der Waals surface area contributed by atoms with Crippen LogP contribution in [0.2, 0.25) is 0 Å². The Labute approximate surface area is 119 Å². The van der Waals surface area contributed by atoms with Crippen LogP contribution in [0.15, 0.2) is 36.4 Å². The molecule has 0 saturated carbocycles. The van der Waals surface area contributed by atoms with Gasteiger partial charge in [0.2, 0.25) is 0 Å². The molecule has 2 aromatic heterocycles. The maximum absolute atomic E-state index is 5.97. The monoisotopic (exact) mass is 265 g/mol. The van der Waals surface area contributed by atoms with Gasteiger partial charge in [0.15, 0.2) is 0 Å². The van der Waals surface area contributed by atoms with Crippen LogP contribution in [0.4, 0.5) is 0 Å². The fourth-order valence-corrected chi connectivity index (χ4v) is 2.63. The Balaban J connectivity index is 2.30. The number of aromatic nitrogens is 2. The van der Waals surface area contributed by atoms with Crippen LogP contribution < -0.4 is 5.73 Å². The minimum Gasteiger partial charge on any atom is -0.325 e. The quantitative estimate of drug-likeness (QED) is 0.772. The minimum atomic E-state index is 0.480. The Morgan fingerprint density at radius 1 is 1.05 bits per heavy atom. The van der Waals surface area contributed by atoms with Crippen molar-refractivity contribution in [2.45, 2.75) is 27.3 Å². The number of fused-ring (bicyclic) bond motifs is 1. The molecule has 0 aliphatic rings. The number of nitrogens with two attached hydrogens (primary N) is 1. The number of nitrogens with zero attached hydrogens (tertiary/aromatic N) is 2. The summed E-state index contributed by atoms with van der Waals surface area (Å²) in [5, 5.41) is 0. The molecule has 0 radical (unpaired) electrons. The Kier molecular flexibility index (Phi) is 3.07. The maximum Gasteiger partial charge on any atom is 0.137 e. The van der Waals surface area contributed by atoms with Crippen molar-refractivity contribution in [3.05, 3.63) is 58.9 Å². The van der Waals surface area contributed by atoms with Crippen LogP contribution in [-0.2, 0) is 6.54 Å². The molecule has 0 saturated heterocycles. The summed E-state index contributed by atoms with van der Waals surface area (Å²) >= 11 is 0. The summed E-state index contributed by atoms with van der Waals surface area (Å²) in [6.45, 7) is 6.81. The van der Waals surface area contributed by atoms with Crippen LogP contribution in [-0.4, -0.2) is 9.38 Å². The van der Waals surface area contributed by atoms with Gasteiger partial charge in [-0.2, -0.15) is 0 Å². The zero-order valence-electron chi connectivity index (χ0n) is 12.1. The van der Waals surface area contributed by atoms with Gasteiger partial charge in [0.25, 0.3) is 0 Å². The molecule has 20 heavy (non-hydrogen) atoms. The summed E-state index contributed by atoms with van der Waals surface area (Å²) in [5.74, 6) is 0. The number of imidazole rings is 1. The Hall–Kier alpha value is -2.13. The first-order valence-electron chi connectivity index (χ1n) is 6.86. The minimum absolute atomic E-state index is 0.480. The van der Waals surface area contributed by atoms with Gasteiger partial charge in [-0.05, 0) is 50.1 Å². The van der Waals surface area contributed by atoms with E-state index in [1.165, 1.54) is 11.1 Å².